The molecule has 0 aromatic carbocycles. The molecule has 0 aromatic heterocycles. The SMILES string of the molecule is CC1(C)CC[C@]2(C(=O)O[C@@H]3OC[C@@H](O)[C@@H](O)[C@@H]3O)CC[C@]3(C)C(=CC[C@@H]4[C@@]5(C)CC[C@H](O)C(C)(C)[C@@H]5CC[C@]43C)[C@@H]2C1. The lowest BCUT2D eigenvalue weighted by molar-refractivity contribution is -0.270. The van der Waals surface area contributed by atoms with Crippen LogP contribution < -0.4 is 0 Å². The standard InChI is InChI=1S/C35H56O7/c1-30(2)14-16-35(29(40)42-28-27(39)26(38)22(36)19-41-28)17-15-33(6)20(21(35)18-30)8-9-24-32(5)12-11-25(37)31(3,4)23(32)10-13-34(24,33)7/h8,21-28,36-39H,9-19H2,1-7H3/t21-,22+,23-,24+,25-,26+,27-,28-,32-,33+,34+,35-/m0/s1. The molecule has 238 valence electrons. The van der Waals surface area contributed by atoms with Gasteiger partial charge in [0, 0.05) is 0 Å². The minimum atomic E-state index is -1.48. The molecule has 0 amide bonds. The van der Waals surface area contributed by atoms with E-state index in [4.69, 9.17) is 9.47 Å². The highest BCUT2D eigenvalue weighted by Gasteiger charge is 2.69. The molecular weight excluding hydrogens is 532 g/mol. The van der Waals surface area contributed by atoms with E-state index < -0.39 is 30.0 Å². The summed E-state index contributed by atoms with van der Waals surface area (Å²) in [7, 11) is 0. The van der Waals surface area contributed by atoms with Crippen molar-refractivity contribution in [2.24, 2.45) is 50.2 Å². The van der Waals surface area contributed by atoms with E-state index in [0.717, 1.165) is 64.2 Å². The van der Waals surface area contributed by atoms with Crippen LogP contribution in [0, 0.1) is 50.2 Å². The first-order chi connectivity index (χ1) is 19.4. The Morgan fingerprint density at radius 2 is 1.55 bits per heavy atom. The summed E-state index contributed by atoms with van der Waals surface area (Å²) >= 11 is 0. The molecule has 4 N–H and O–H groups in total. The largest absolute Gasteiger partial charge is 0.432 e. The van der Waals surface area contributed by atoms with Gasteiger partial charge in [0.1, 0.15) is 18.3 Å². The minimum absolute atomic E-state index is 0.0346. The fourth-order valence-corrected chi connectivity index (χ4v) is 11.7. The van der Waals surface area contributed by atoms with Gasteiger partial charge in [0.05, 0.1) is 18.1 Å². The Morgan fingerprint density at radius 1 is 0.857 bits per heavy atom. The van der Waals surface area contributed by atoms with Crippen LogP contribution in [0.25, 0.3) is 0 Å². The van der Waals surface area contributed by atoms with Crippen molar-refractivity contribution >= 4 is 5.97 Å². The van der Waals surface area contributed by atoms with E-state index in [1.165, 1.54) is 5.57 Å². The number of fused-ring (bicyclic) bond motifs is 7. The second-order valence-corrected chi connectivity index (χ2v) is 17.4. The van der Waals surface area contributed by atoms with Crippen LogP contribution in [-0.2, 0) is 14.3 Å². The van der Waals surface area contributed by atoms with Crippen molar-refractivity contribution in [3.63, 3.8) is 0 Å². The lowest BCUT2D eigenvalue weighted by Gasteiger charge is -2.71. The predicted molar refractivity (Wildman–Crippen MR) is 159 cm³/mol. The van der Waals surface area contributed by atoms with Crippen molar-refractivity contribution in [2.75, 3.05) is 6.61 Å². The fraction of sp³-hybridized carbons (Fsp3) is 0.914. The van der Waals surface area contributed by atoms with Gasteiger partial charge in [0.15, 0.2) is 0 Å². The number of hydrogen-bond donors (Lipinski definition) is 4. The third-order valence-electron chi connectivity index (χ3n) is 14.7. The van der Waals surface area contributed by atoms with Crippen LogP contribution in [0.3, 0.4) is 0 Å². The molecule has 0 spiro atoms. The van der Waals surface area contributed by atoms with Crippen LogP contribution in [0.1, 0.15) is 113 Å². The van der Waals surface area contributed by atoms with Crippen molar-refractivity contribution in [3.8, 4) is 0 Å². The lowest BCUT2D eigenvalue weighted by Crippen LogP contribution is -2.65. The Morgan fingerprint density at radius 3 is 2.26 bits per heavy atom. The van der Waals surface area contributed by atoms with Gasteiger partial charge < -0.3 is 29.9 Å². The van der Waals surface area contributed by atoms with Crippen molar-refractivity contribution < 1.29 is 34.7 Å². The molecule has 6 aliphatic rings. The molecule has 42 heavy (non-hydrogen) atoms. The molecule has 6 rings (SSSR count). The summed E-state index contributed by atoms with van der Waals surface area (Å²) in [6.07, 6.45) is 6.34. The van der Waals surface area contributed by atoms with E-state index in [2.05, 4.69) is 54.5 Å². The summed E-state index contributed by atoms with van der Waals surface area (Å²) in [6, 6.07) is 0. The zero-order valence-electron chi connectivity index (χ0n) is 27.0. The van der Waals surface area contributed by atoms with Crippen LogP contribution in [0.2, 0.25) is 0 Å². The van der Waals surface area contributed by atoms with Gasteiger partial charge in [-0.05, 0) is 109 Å². The number of aliphatic hydroxyl groups excluding tert-OH is 4. The highest BCUT2D eigenvalue weighted by Crippen LogP contribution is 2.75. The molecule has 1 aliphatic heterocycles. The highest BCUT2D eigenvalue weighted by atomic mass is 16.7. The van der Waals surface area contributed by atoms with Crippen molar-refractivity contribution in [3.05, 3.63) is 11.6 Å². The van der Waals surface area contributed by atoms with E-state index in [1.807, 2.05) is 0 Å². The zero-order chi connectivity index (χ0) is 30.7. The maximum atomic E-state index is 14.2. The Bertz CT molecular complexity index is 1130. The Labute approximate surface area is 252 Å². The maximum absolute atomic E-state index is 14.2. The first kappa shape index (κ1) is 31.0. The van der Waals surface area contributed by atoms with E-state index in [-0.39, 0.29) is 51.7 Å². The minimum Gasteiger partial charge on any atom is -0.432 e. The Hall–Kier alpha value is -0.990. The lowest BCUT2D eigenvalue weighted by atomic mass is 9.33. The van der Waals surface area contributed by atoms with E-state index in [0.29, 0.717) is 11.8 Å². The molecule has 1 heterocycles. The predicted octanol–water partition coefficient (Wildman–Crippen LogP) is 5.13. The smallest absolute Gasteiger partial charge is 0.315 e. The fourth-order valence-electron chi connectivity index (χ4n) is 11.7. The van der Waals surface area contributed by atoms with Crippen LogP contribution in [0.5, 0.6) is 0 Å². The van der Waals surface area contributed by atoms with Crippen LogP contribution in [0.4, 0.5) is 0 Å². The number of ether oxygens (including phenoxy) is 2. The van der Waals surface area contributed by atoms with Crippen molar-refractivity contribution in [1.29, 1.82) is 0 Å². The third-order valence-corrected chi connectivity index (χ3v) is 14.7. The molecule has 7 heteroatoms. The van der Waals surface area contributed by atoms with Gasteiger partial charge in [-0.2, -0.15) is 0 Å². The first-order valence-corrected chi connectivity index (χ1v) is 16.7. The second kappa shape index (κ2) is 9.75. The highest BCUT2D eigenvalue weighted by molar-refractivity contribution is 5.79. The average molecular weight is 589 g/mol. The van der Waals surface area contributed by atoms with Gasteiger partial charge in [-0.15, -0.1) is 0 Å². The number of carbonyl (C=O) groups is 1. The molecule has 0 radical (unpaired) electrons. The second-order valence-electron chi connectivity index (χ2n) is 17.4. The number of allylic oxidation sites excluding steroid dienone is 2. The molecule has 0 aromatic rings. The molecule has 4 saturated carbocycles. The number of rotatable bonds is 2. The van der Waals surface area contributed by atoms with Gasteiger partial charge in [0.2, 0.25) is 6.29 Å². The topological polar surface area (TPSA) is 116 Å². The molecule has 0 bridgehead atoms. The van der Waals surface area contributed by atoms with Gasteiger partial charge in [-0.25, -0.2) is 0 Å². The van der Waals surface area contributed by atoms with E-state index >= 15 is 0 Å². The Balaban J connectivity index is 1.36. The number of esters is 1. The number of carbonyl (C=O) groups excluding carboxylic acids is 1. The number of hydrogen-bond acceptors (Lipinski definition) is 7. The summed E-state index contributed by atoms with van der Waals surface area (Å²) in [5.41, 5.74) is 0.989. The van der Waals surface area contributed by atoms with Crippen LogP contribution >= 0.6 is 0 Å². The summed E-state index contributed by atoms with van der Waals surface area (Å²) in [5.74, 6) is 0.743. The maximum Gasteiger partial charge on any atom is 0.315 e. The molecular formula is C35H56O7. The molecule has 5 aliphatic carbocycles. The molecule has 12 atom stereocenters. The average Bonchev–Trinajstić information content (AvgIpc) is 2.91. The van der Waals surface area contributed by atoms with Crippen LogP contribution in [-0.4, -0.2) is 63.7 Å². The monoisotopic (exact) mass is 588 g/mol. The van der Waals surface area contributed by atoms with Crippen LogP contribution in [0.15, 0.2) is 11.6 Å². The Kier molecular flexibility index (Phi) is 7.20. The summed E-state index contributed by atoms with van der Waals surface area (Å²) in [6.45, 7) is 16.6. The zero-order valence-corrected chi connectivity index (χ0v) is 27.0. The van der Waals surface area contributed by atoms with Crippen molar-refractivity contribution in [2.45, 2.75) is 143 Å². The third kappa shape index (κ3) is 4.12. The first-order valence-electron chi connectivity index (χ1n) is 16.7. The summed E-state index contributed by atoms with van der Waals surface area (Å²) in [4.78, 5) is 14.2. The van der Waals surface area contributed by atoms with Gasteiger partial charge >= 0.3 is 5.97 Å². The van der Waals surface area contributed by atoms with E-state index in [9.17, 15) is 25.2 Å². The molecule has 5 fully saturated rings. The molecule has 1 saturated heterocycles. The summed E-state index contributed by atoms with van der Waals surface area (Å²) in [5, 5.41) is 41.7. The van der Waals surface area contributed by atoms with Gasteiger partial charge in [-0.3, -0.25) is 4.79 Å². The van der Waals surface area contributed by atoms with Gasteiger partial charge in [-0.1, -0.05) is 60.1 Å². The van der Waals surface area contributed by atoms with E-state index in [1.54, 1.807) is 0 Å². The summed E-state index contributed by atoms with van der Waals surface area (Å²) < 4.78 is 11.4. The quantitative estimate of drug-likeness (QED) is 0.261. The molecule has 0 unspecified atom stereocenters. The number of aliphatic hydroxyl groups is 4. The normalized spacial score (nSPS) is 53.0. The molecule has 7 nitrogen and oxygen atoms in total. The van der Waals surface area contributed by atoms with Gasteiger partial charge in [0.25, 0.3) is 0 Å². The van der Waals surface area contributed by atoms with Crippen molar-refractivity contribution in [1.82, 2.24) is 0 Å².